The number of carboxylic acids is 1. The first kappa shape index (κ1) is 18.2. The molecule has 28 heavy (non-hydrogen) atoms. The average Bonchev–Trinajstić information content (AvgIpc) is 3.36. The number of anilines is 1. The molecule has 4 rings (SSSR count). The highest BCUT2D eigenvalue weighted by Gasteiger charge is 2.54. The molecule has 0 spiro atoms. The predicted molar refractivity (Wildman–Crippen MR) is 98.0 cm³/mol. The number of nitrogens with zero attached hydrogens (tertiary/aromatic N) is 1. The minimum atomic E-state index is -0.945. The van der Waals surface area contributed by atoms with Crippen molar-refractivity contribution in [2.75, 3.05) is 31.6 Å². The molecule has 2 fully saturated rings. The number of benzene rings is 1. The van der Waals surface area contributed by atoms with Gasteiger partial charge in [0.25, 0.3) is 11.8 Å². The minimum Gasteiger partial charge on any atom is -0.481 e. The lowest BCUT2D eigenvalue weighted by Gasteiger charge is -2.33. The molecule has 8 nitrogen and oxygen atoms in total. The molecule has 2 aliphatic rings. The van der Waals surface area contributed by atoms with Crippen LogP contribution in [-0.4, -0.2) is 54.1 Å². The van der Waals surface area contributed by atoms with Gasteiger partial charge in [0.1, 0.15) is 0 Å². The molecule has 8 heteroatoms. The summed E-state index contributed by atoms with van der Waals surface area (Å²) in [7, 11) is 0. The van der Waals surface area contributed by atoms with Gasteiger partial charge in [-0.05, 0) is 36.8 Å². The van der Waals surface area contributed by atoms with E-state index in [1.807, 2.05) is 0 Å². The molecule has 2 N–H and O–H groups in total. The van der Waals surface area contributed by atoms with Crippen LogP contribution in [0.1, 0.15) is 27.3 Å². The molecule has 1 aromatic heterocycles. The van der Waals surface area contributed by atoms with Crippen molar-refractivity contribution in [1.29, 1.82) is 0 Å². The van der Waals surface area contributed by atoms with Gasteiger partial charge in [0.05, 0.1) is 18.3 Å². The van der Waals surface area contributed by atoms with E-state index < -0.39 is 17.3 Å². The van der Waals surface area contributed by atoms with E-state index in [1.165, 1.54) is 6.26 Å². The third-order valence-electron chi connectivity index (χ3n) is 5.53. The fourth-order valence-electron chi connectivity index (χ4n) is 3.97. The van der Waals surface area contributed by atoms with E-state index in [-0.39, 0.29) is 24.1 Å². The lowest BCUT2D eigenvalue weighted by molar-refractivity contribution is -0.157. The summed E-state index contributed by atoms with van der Waals surface area (Å²) in [5.74, 6) is -1.60. The summed E-state index contributed by atoms with van der Waals surface area (Å²) in [5, 5.41) is 12.4. The maximum atomic E-state index is 13.0. The minimum absolute atomic E-state index is 0.165. The second kappa shape index (κ2) is 7.12. The summed E-state index contributed by atoms with van der Waals surface area (Å²) in [6.07, 6.45) is 1.81. The van der Waals surface area contributed by atoms with Gasteiger partial charge in [-0.2, -0.15) is 0 Å². The van der Waals surface area contributed by atoms with Crippen molar-refractivity contribution in [3.05, 3.63) is 54.0 Å². The summed E-state index contributed by atoms with van der Waals surface area (Å²) in [6, 6.07) is 9.73. The molecule has 0 bridgehead atoms. The van der Waals surface area contributed by atoms with Crippen molar-refractivity contribution in [2.24, 2.45) is 11.3 Å². The normalized spacial score (nSPS) is 23.9. The zero-order valence-electron chi connectivity index (χ0n) is 15.1. The topological polar surface area (TPSA) is 109 Å². The third-order valence-corrected chi connectivity index (χ3v) is 5.53. The number of hydrogen-bond acceptors (Lipinski definition) is 5. The Bertz CT molecular complexity index is 909. The van der Waals surface area contributed by atoms with Crippen LogP contribution in [0.4, 0.5) is 5.69 Å². The van der Waals surface area contributed by atoms with Gasteiger partial charge in [0.15, 0.2) is 5.76 Å². The monoisotopic (exact) mass is 384 g/mol. The largest absolute Gasteiger partial charge is 0.481 e. The lowest BCUT2D eigenvalue weighted by Crippen LogP contribution is -2.45. The molecule has 2 aromatic rings. The fraction of sp³-hybridized carbons (Fsp3) is 0.350. The fourth-order valence-corrected chi connectivity index (χ4v) is 3.97. The Balaban J connectivity index is 1.51. The Morgan fingerprint density at radius 1 is 1.21 bits per heavy atom. The second-order valence-electron chi connectivity index (χ2n) is 7.18. The Morgan fingerprint density at radius 3 is 2.79 bits per heavy atom. The molecule has 2 saturated heterocycles. The Hall–Kier alpha value is -3.13. The average molecular weight is 384 g/mol. The van der Waals surface area contributed by atoms with E-state index in [4.69, 9.17) is 9.15 Å². The predicted octanol–water partition coefficient (Wildman–Crippen LogP) is 2.10. The third kappa shape index (κ3) is 3.16. The van der Waals surface area contributed by atoms with Gasteiger partial charge in [-0.15, -0.1) is 0 Å². The maximum absolute atomic E-state index is 13.0. The zero-order valence-corrected chi connectivity index (χ0v) is 15.1. The van der Waals surface area contributed by atoms with Crippen LogP contribution in [0.3, 0.4) is 0 Å². The van der Waals surface area contributed by atoms with E-state index in [1.54, 1.807) is 41.3 Å². The highest BCUT2D eigenvalue weighted by Crippen LogP contribution is 2.42. The number of carboxylic acid groups (broad SMARTS) is 1. The number of carbonyl (C=O) groups is 3. The van der Waals surface area contributed by atoms with E-state index >= 15 is 0 Å². The summed E-state index contributed by atoms with van der Waals surface area (Å²) < 4.78 is 10.5. The van der Waals surface area contributed by atoms with Crippen molar-refractivity contribution in [1.82, 2.24) is 4.90 Å². The second-order valence-corrected chi connectivity index (χ2v) is 7.18. The van der Waals surface area contributed by atoms with Gasteiger partial charge >= 0.3 is 5.97 Å². The summed E-state index contributed by atoms with van der Waals surface area (Å²) in [4.78, 5) is 38.6. The summed E-state index contributed by atoms with van der Waals surface area (Å²) in [6.45, 7) is 1.24. The molecule has 2 aliphatic heterocycles. The quantitative estimate of drug-likeness (QED) is 0.836. The van der Waals surface area contributed by atoms with Crippen molar-refractivity contribution in [3.8, 4) is 0 Å². The molecule has 146 valence electrons. The smallest absolute Gasteiger partial charge is 0.311 e. The van der Waals surface area contributed by atoms with Gasteiger partial charge in [0, 0.05) is 36.9 Å². The first-order valence-corrected chi connectivity index (χ1v) is 9.05. The van der Waals surface area contributed by atoms with Gasteiger partial charge in [-0.1, -0.05) is 6.07 Å². The number of carbonyl (C=O) groups excluding carboxylic acids is 2. The van der Waals surface area contributed by atoms with Crippen molar-refractivity contribution in [2.45, 2.75) is 6.42 Å². The first-order chi connectivity index (χ1) is 13.5. The molecule has 0 aliphatic carbocycles. The Morgan fingerprint density at radius 2 is 2.07 bits per heavy atom. The van der Waals surface area contributed by atoms with Crippen LogP contribution in [-0.2, 0) is 9.53 Å². The molecule has 2 amide bonds. The van der Waals surface area contributed by atoms with Crippen molar-refractivity contribution in [3.63, 3.8) is 0 Å². The van der Waals surface area contributed by atoms with E-state index in [2.05, 4.69) is 5.32 Å². The van der Waals surface area contributed by atoms with Crippen LogP contribution in [0.2, 0.25) is 0 Å². The number of ether oxygens (including phenoxy) is 1. The maximum Gasteiger partial charge on any atom is 0.311 e. The van der Waals surface area contributed by atoms with Crippen molar-refractivity contribution < 1.29 is 28.6 Å². The molecular formula is C20H20N2O6. The summed E-state index contributed by atoms with van der Waals surface area (Å²) in [5.41, 5.74) is -0.101. The molecule has 0 saturated carbocycles. The Kier molecular flexibility index (Phi) is 4.64. The molecule has 0 unspecified atom stereocenters. The zero-order chi connectivity index (χ0) is 19.7. The van der Waals surface area contributed by atoms with Gasteiger partial charge in [-0.25, -0.2) is 0 Å². The SMILES string of the molecule is O=C(Nc1cccc(C(=O)N2C[C@H]3COCC[C@@]3(C(=O)O)C2)c1)c1ccco1. The number of rotatable bonds is 4. The number of likely N-dealkylation sites (tertiary alicyclic amines) is 1. The molecule has 2 atom stereocenters. The number of hydrogen-bond donors (Lipinski definition) is 2. The van der Waals surface area contributed by atoms with Crippen molar-refractivity contribution >= 4 is 23.5 Å². The number of fused-ring (bicyclic) bond motifs is 1. The molecule has 3 heterocycles. The summed E-state index contributed by atoms with van der Waals surface area (Å²) >= 11 is 0. The number of amides is 2. The van der Waals surface area contributed by atoms with Gasteiger partial charge < -0.3 is 24.5 Å². The standard InChI is InChI=1S/C20H20N2O6/c23-17(16-5-2-7-28-16)21-15-4-1-3-13(9-15)18(24)22-10-14-11-27-8-6-20(14,12-22)19(25)26/h1-5,7,9,14H,6,8,10-12H2,(H,21,23)(H,25,26)/t14-,20+/m0/s1. The van der Waals surface area contributed by atoms with Gasteiger partial charge in [-0.3, -0.25) is 14.4 Å². The highest BCUT2D eigenvalue weighted by molar-refractivity contribution is 6.03. The highest BCUT2D eigenvalue weighted by atomic mass is 16.5. The Labute approximate surface area is 161 Å². The number of furan rings is 1. The van der Waals surface area contributed by atoms with E-state index in [0.29, 0.717) is 37.4 Å². The number of aliphatic carboxylic acids is 1. The molecule has 1 aromatic carbocycles. The van der Waals surface area contributed by atoms with Crippen LogP contribution >= 0.6 is 0 Å². The van der Waals surface area contributed by atoms with Crippen LogP contribution in [0.15, 0.2) is 47.1 Å². The van der Waals surface area contributed by atoms with E-state index in [0.717, 1.165) is 0 Å². The van der Waals surface area contributed by atoms with Crippen LogP contribution in [0, 0.1) is 11.3 Å². The van der Waals surface area contributed by atoms with Crippen LogP contribution < -0.4 is 5.32 Å². The van der Waals surface area contributed by atoms with E-state index in [9.17, 15) is 19.5 Å². The number of nitrogens with one attached hydrogen (secondary N) is 1. The van der Waals surface area contributed by atoms with Gasteiger partial charge in [0.2, 0.25) is 0 Å². The molecular weight excluding hydrogens is 364 g/mol. The molecule has 0 radical (unpaired) electrons. The van der Waals surface area contributed by atoms with Crippen LogP contribution in [0.5, 0.6) is 0 Å². The van der Waals surface area contributed by atoms with Crippen LogP contribution in [0.25, 0.3) is 0 Å². The lowest BCUT2D eigenvalue weighted by atomic mass is 9.74. The first-order valence-electron chi connectivity index (χ1n) is 9.05.